The Morgan fingerprint density at radius 1 is 1.09 bits per heavy atom. The number of ether oxygens (including phenoxy) is 1. The van der Waals surface area contributed by atoms with Crippen LogP contribution in [-0.2, 0) is 21.9 Å². The summed E-state index contributed by atoms with van der Waals surface area (Å²) in [6, 6.07) is 15.3. The molecule has 2 rings (SSSR count). The van der Waals surface area contributed by atoms with Crippen molar-refractivity contribution in [3.63, 3.8) is 0 Å². The van der Waals surface area contributed by atoms with Gasteiger partial charge in [0.2, 0.25) is 11.8 Å². The number of rotatable bonds is 10. The van der Waals surface area contributed by atoms with E-state index in [0.29, 0.717) is 18.7 Å². The van der Waals surface area contributed by atoms with Gasteiger partial charge in [-0.05, 0) is 62.9 Å². The summed E-state index contributed by atoms with van der Waals surface area (Å²) in [6.07, 6.45) is 0.548. The molecule has 6 heteroatoms. The molecule has 5 nitrogen and oxygen atoms in total. The maximum absolute atomic E-state index is 13.3. The number of hydrogen-bond donors (Lipinski definition) is 1. The van der Waals surface area contributed by atoms with Crippen molar-refractivity contribution in [2.24, 2.45) is 0 Å². The summed E-state index contributed by atoms with van der Waals surface area (Å²) in [5, 5.41) is 3.04. The molecule has 0 bridgehead atoms. The fraction of sp³-hybridized carbons (Fsp3) is 0.462. The van der Waals surface area contributed by atoms with Gasteiger partial charge in [0, 0.05) is 17.8 Å². The second-order valence-corrected chi connectivity index (χ2v) is 9.94. The maximum Gasteiger partial charge on any atom is 0.243 e. The number of methoxy groups -OCH3 is 1. The molecule has 0 saturated heterocycles. The quantitative estimate of drug-likeness (QED) is 0.549. The second-order valence-electron chi connectivity index (χ2n) is 8.95. The Hall–Kier alpha value is -2.47. The predicted molar refractivity (Wildman–Crippen MR) is 133 cm³/mol. The van der Waals surface area contributed by atoms with Gasteiger partial charge in [0.15, 0.2) is 0 Å². The van der Waals surface area contributed by atoms with E-state index >= 15 is 0 Å². The summed E-state index contributed by atoms with van der Waals surface area (Å²) >= 11 is 1.58. The first-order valence-corrected chi connectivity index (χ1v) is 12.2. The van der Waals surface area contributed by atoms with Crippen LogP contribution < -0.4 is 10.1 Å². The molecule has 174 valence electrons. The molecule has 0 fully saturated rings. The lowest BCUT2D eigenvalue weighted by Crippen LogP contribution is -2.53. The highest BCUT2D eigenvalue weighted by atomic mass is 32.2. The van der Waals surface area contributed by atoms with Gasteiger partial charge < -0.3 is 15.0 Å². The summed E-state index contributed by atoms with van der Waals surface area (Å²) in [5.41, 5.74) is 3.05. The first kappa shape index (κ1) is 25.8. The fourth-order valence-electron chi connectivity index (χ4n) is 3.40. The molecule has 0 spiro atoms. The highest BCUT2D eigenvalue weighted by Crippen LogP contribution is 2.20. The number of amides is 2. The average Bonchev–Trinajstić information content (AvgIpc) is 2.74. The van der Waals surface area contributed by atoms with Gasteiger partial charge in [-0.15, -0.1) is 11.8 Å². The minimum atomic E-state index is -0.525. The maximum atomic E-state index is 13.3. The molecule has 0 unspecified atom stereocenters. The van der Waals surface area contributed by atoms with Crippen LogP contribution in [0.2, 0.25) is 0 Å². The van der Waals surface area contributed by atoms with E-state index in [-0.39, 0.29) is 17.4 Å². The topological polar surface area (TPSA) is 58.6 Å². The molecule has 1 N–H and O–H groups in total. The van der Waals surface area contributed by atoms with Gasteiger partial charge >= 0.3 is 0 Å². The fourth-order valence-corrected chi connectivity index (χ4v) is 4.39. The Labute approximate surface area is 196 Å². The summed E-state index contributed by atoms with van der Waals surface area (Å²) in [6.45, 7) is 10.3. The first-order chi connectivity index (χ1) is 15.1. The average molecular weight is 457 g/mol. The van der Waals surface area contributed by atoms with Gasteiger partial charge in [0.05, 0.1) is 12.9 Å². The van der Waals surface area contributed by atoms with E-state index in [0.717, 1.165) is 17.1 Å². The molecule has 2 aromatic rings. The summed E-state index contributed by atoms with van der Waals surface area (Å²) in [4.78, 5) is 28.1. The van der Waals surface area contributed by atoms with Crippen LogP contribution in [0.25, 0.3) is 0 Å². The van der Waals surface area contributed by atoms with E-state index < -0.39 is 6.04 Å². The van der Waals surface area contributed by atoms with E-state index in [1.807, 2.05) is 64.1 Å². The van der Waals surface area contributed by atoms with Gasteiger partial charge in [0.25, 0.3) is 0 Å². The van der Waals surface area contributed by atoms with E-state index in [4.69, 9.17) is 4.74 Å². The predicted octanol–water partition coefficient (Wildman–Crippen LogP) is 4.96. The zero-order chi connectivity index (χ0) is 23.7. The Balaban J connectivity index is 2.17. The second kappa shape index (κ2) is 12.0. The van der Waals surface area contributed by atoms with Gasteiger partial charge in [-0.2, -0.15) is 0 Å². The monoisotopic (exact) mass is 456 g/mol. The lowest BCUT2D eigenvalue weighted by Gasteiger charge is -2.33. The Morgan fingerprint density at radius 3 is 2.31 bits per heavy atom. The van der Waals surface area contributed by atoms with Crippen LogP contribution in [-0.4, -0.2) is 41.2 Å². The van der Waals surface area contributed by atoms with Crippen LogP contribution in [0.4, 0.5) is 0 Å². The normalized spacial score (nSPS) is 12.2. The van der Waals surface area contributed by atoms with Gasteiger partial charge in [0.1, 0.15) is 11.8 Å². The van der Waals surface area contributed by atoms with Crippen molar-refractivity contribution >= 4 is 23.6 Å². The highest BCUT2D eigenvalue weighted by Gasteiger charge is 2.30. The van der Waals surface area contributed by atoms with Crippen LogP contribution in [0.1, 0.15) is 50.8 Å². The van der Waals surface area contributed by atoms with Crippen molar-refractivity contribution < 1.29 is 14.3 Å². The first-order valence-electron chi connectivity index (χ1n) is 11.0. The number of carbonyl (C=O) groups excluding carboxylic acids is 2. The van der Waals surface area contributed by atoms with Crippen LogP contribution >= 0.6 is 11.8 Å². The third-order valence-corrected chi connectivity index (χ3v) is 6.11. The molecular weight excluding hydrogens is 420 g/mol. The Morgan fingerprint density at radius 2 is 1.75 bits per heavy atom. The number of thioether (sulfide) groups is 1. The Bertz CT molecular complexity index is 891. The molecule has 0 heterocycles. The van der Waals surface area contributed by atoms with Crippen molar-refractivity contribution in [1.82, 2.24) is 10.2 Å². The standard InChI is InChI=1S/C26H36N2O3S/c1-7-23(25(30)27-26(3,4)5)28(16-20-12-14-22(31-6)15-13-20)24(29)18-32-17-21-11-9-8-10-19(21)2/h8-15,23H,7,16-18H2,1-6H3,(H,27,30)/t23-/m0/s1. The molecular formula is C26H36N2O3S. The van der Waals surface area contributed by atoms with E-state index in [9.17, 15) is 9.59 Å². The molecule has 32 heavy (non-hydrogen) atoms. The molecule has 0 radical (unpaired) electrons. The van der Waals surface area contributed by atoms with Crippen molar-refractivity contribution in [3.05, 3.63) is 65.2 Å². The third kappa shape index (κ3) is 7.90. The van der Waals surface area contributed by atoms with Crippen LogP contribution in [0, 0.1) is 6.92 Å². The minimum absolute atomic E-state index is 0.0321. The largest absolute Gasteiger partial charge is 0.497 e. The number of nitrogens with one attached hydrogen (secondary N) is 1. The van der Waals surface area contributed by atoms with Gasteiger partial charge in [-0.1, -0.05) is 43.3 Å². The van der Waals surface area contributed by atoms with E-state index in [1.165, 1.54) is 11.1 Å². The number of aryl methyl sites for hydroxylation is 1. The van der Waals surface area contributed by atoms with Crippen molar-refractivity contribution in [3.8, 4) is 5.75 Å². The molecule has 0 saturated carbocycles. The summed E-state index contributed by atoms with van der Waals surface area (Å²) in [5.74, 6) is 1.70. The van der Waals surface area contributed by atoms with Gasteiger partial charge in [-0.25, -0.2) is 0 Å². The summed E-state index contributed by atoms with van der Waals surface area (Å²) in [7, 11) is 1.63. The molecule has 0 aliphatic rings. The molecule has 1 atom stereocenters. The zero-order valence-corrected chi connectivity index (χ0v) is 20.9. The SMILES string of the molecule is CC[C@@H](C(=O)NC(C)(C)C)N(Cc1ccc(OC)cc1)C(=O)CSCc1ccccc1C. The van der Waals surface area contributed by atoms with Crippen molar-refractivity contribution in [2.75, 3.05) is 12.9 Å². The number of hydrogen-bond acceptors (Lipinski definition) is 4. The molecule has 2 amide bonds. The van der Waals surface area contributed by atoms with E-state index in [2.05, 4.69) is 24.4 Å². The van der Waals surface area contributed by atoms with Gasteiger partial charge in [-0.3, -0.25) is 9.59 Å². The molecule has 0 aliphatic heterocycles. The highest BCUT2D eigenvalue weighted by molar-refractivity contribution is 7.99. The number of carbonyl (C=O) groups is 2. The zero-order valence-electron chi connectivity index (χ0n) is 20.1. The van der Waals surface area contributed by atoms with Crippen LogP contribution in [0.3, 0.4) is 0 Å². The van der Waals surface area contributed by atoms with Crippen LogP contribution in [0.15, 0.2) is 48.5 Å². The van der Waals surface area contributed by atoms with Crippen LogP contribution in [0.5, 0.6) is 5.75 Å². The minimum Gasteiger partial charge on any atom is -0.497 e. The molecule has 0 aliphatic carbocycles. The third-order valence-electron chi connectivity index (χ3n) is 5.14. The lowest BCUT2D eigenvalue weighted by atomic mass is 10.1. The van der Waals surface area contributed by atoms with Crippen molar-refractivity contribution in [1.29, 1.82) is 0 Å². The smallest absolute Gasteiger partial charge is 0.243 e. The molecule has 2 aromatic carbocycles. The lowest BCUT2D eigenvalue weighted by molar-refractivity contribution is -0.140. The number of nitrogens with zero attached hydrogens (tertiary/aromatic N) is 1. The summed E-state index contributed by atoms with van der Waals surface area (Å²) < 4.78 is 5.24. The Kier molecular flexibility index (Phi) is 9.63. The van der Waals surface area contributed by atoms with Crippen molar-refractivity contribution in [2.45, 2.75) is 64.9 Å². The molecule has 0 aromatic heterocycles. The van der Waals surface area contributed by atoms with E-state index in [1.54, 1.807) is 23.8 Å². The number of benzene rings is 2.